The molecule has 2 nitrogen and oxygen atoms in total. The molecule has 18 heavy (non-hydrogen) atoms. The van der Waals surface area contributed by atoms with Gasteiger partial charge in [-0.15, -0.1) is 0 Å². The lowest BCUT2D eigenvalue weighted by molar-refractivity contribution is 0.0216. The third kappa shape index (κ3) is 3.72. The van der Waals surface area contributed by atoms with E-state index in [2.05, 4.69) is 62.0 Å². The van der Waals surface area contributed by atoms with E-state index >= 15 is 0 Å². The monoisotopic (exact) mass is 375 g/mol. The van der Waals surface area contributed by atoms with Gasteiger partial charge in [-0.3, -0.25) is 0 Å². The fraction of sp³-hybridized carbons (Fsp3) is 0.571. The Hall–Kier alpha value is -0.0600. The first-order valence-electron chi connectivity index (χ1n) is 6.38. The summed E-state index contributed by atoms with van der Waals surface area (Å²) < 4.78 is 6.94. The SMILES string of the molecule is CN(CC1CCCCO1)c1ccc(CBr)c(Br)c1. The van der Waals surface area contributed by atoms with Gasteiger partial charge in [-0.05, 0) is 37.0 Å². The number of halogens is 2. The Kier molecular flexibility index (Phi) is 5.52. The van der Waals surface area contributed by atoms with Crippen LogP contribution in [0.4, 0.5) is 5.69 Å². The van der Waals surface area contributed by atoms with Crippen LogP contribution in [0.15, 0.2) is 22.7 Å². The predicted octanol–water partition coefficient (Wildman–Crippen LogP) is 4.35. The third-order valence-corrected chi connectivity index (χ3v) is 4.72. The van der Waals surface area contributed by atoms with Crippen LogP contribution in [0.3, 0.4) is 0 Å². The van der Waals surface area contributed by atoms with Crippen LogP contribution in [0.2, 0.25) is 0 Å². The summed E-state index contributed by atoms with van der Waals surface area (Å²) in [5.41, 5.74) is 2.52. The summed E-state index contributed by atoms with van der Waals surface area (Å²) in [6.45, 7) is 1.89. The van der Waals surface area contributed by atoms with Gasteiger partial charge < -0.3 is 9.64 Å². The van der Waals surface area contributed by atoms with Crippen LogP contribution in [0, 0.1) is 0 Å². The number of benzene rings is 1. The van der Waals surface area contributed by atoms with Gasteiger partial charge in [-0.25, -0.2) is 0 Å². The molecule has 0 bridgehead atoms. The molecule has 0 saturated carbocycles. The molecule has 1 fully saturated rings. The Balaban J connectivity index is 1.99. The van der Waals surface area contributed by atoms with Crippen molar-refractivity contribution in [2.24, 2.45) is 0 Å². The zero-order chi connectivity index (χ0) is 13.0. The zero-order valence-corrected chi connectivity index (χ0v) is 13.8. The van der Waals surface area contributed by atoms with Crippen LogP contribution < -0.4 is 4.90 Å². The molecule has 0 radical (unpaired) electrons. The van der Waals surface area contributed by atoms with E-state index < -0.39 is 0 Å². The van der Waals surface area contributed by atoms with Gasteiger partial charge in [0.25, 0.3) is 0 Å². The number of likely N-dealkylation sites (N-methyl/N-ethyl adjacent to an activating group) is 1. The van der Waals surface area contributed by atoms with Gasteiger partial charge in [0.15, 0.2) is 0 Å². The molecule has 1 unspecified atom stereocenters. The minimum absolute atomic E-state index is 0.387. The number of hydrogen-bond donors (Lipinski definition) is 0. The zero-order valence-electron chi connectivity index (χ0n) is 10.7. The molecule has 0 aliphatic carbocycles. The van der Waals surface area contributed by atoms with Crippen molar-refractivity contribution in [3.63, 3.8) is 0 Å². The Morgan fingerprint density at radius 2 is 2.22 bits per heavy atom. The molecule has 1 aromatic carbocycles. The molecular formula is C14H19Br2NO. The van der Waals surface area contributed by atoms with Crippen molar-refractivity contribution in [1.82, 2.24) is 0 Å². The van der Waals surface area contributed by atoms with Gasteiger partial charge >= 0.3 is 0 Å². The highest BCUT2D eigenvalue weighted by Crippen LogP contribution is 2.26. The average Bonchev–Trinajstić information content (AvgIpc) is 2.39. The van der Waals surface area contributed by atoms with Gasteiger partial charge in [0.2, 0.25) is 0 Å². The first kappa shape index (κ1) is 14.4. The van der Waals surface area contributed by atoms with E-state index in [0.717, 1.165) is 23.0 Å². The van der Waals surface area contributed by atoms with E-state index in [1.807, 2.05) is 0 Å². The van der Waals surface area contributed by atoms with E-state index in [1.165, 1.54) is 30.5 Å². The molecular weight excluding hydrogens is 358 g/mol. The molecule has 1 atom stereocenters. The number of ether oxygens (including phenoxy) is 1. The van der Waals surface area contributed by atoms with E-state index in [-0.39, 0.29) is 0 Å². The highest BCUT2D eigenvalue weighted by atomic mass is 79.9. The molecule has 1 saturated heterocycles. The van der Waals surface area contributed by atoms with Crippen LogP contribution in [-0.4, -0.2) is 26.3 Å². The standard InChI is InChI=1S/C14H19Br2NO/c1-17(10-13-4-2-3-7-18-13)12-6-5-11(9-15)14(16)8-12/h5-6,8,13H,2-4,7,9-10H2,1H3. The number of rotatable bonds is 4. The van der Waals surface area contributed by atoms with Crippen molar-refractivity contribution in [2.45, 2.75) is 30.7 Å². The molecule has 4 heteroatoms. The molecule has 1 aliphatic heterocycles. The fourth-order valence-corrected chi connectivity index (χ4v) is 3.62. The summed E-state index contributed by atoms with van der Waals surface area (Å²) in [4.78, 5) is 2.28. The lowest BCUT2D eigenvalue weighted by Gasteiger charge is -2.29. The molecule has 1 aliphatic rings. The molecule has 0 amide bonds. The largest absolute Gasteiger partial charge is 0.376 e. The van der Waals surface area contributed by atoms with Crippen LogP contribution in [0.25, 0.3) is 0 Å². The number of alkyl halides is 1. The third-order valence-electron chi connectivity index (χ3n) is 3.37. The number of anilines is 1. The van der Waals surface area contributed by atoms with Gasteiger partial charge in [0, 0.05) is 35.7 Å². The molecule has 0 aromatic heterocycles. The van der Waals surface area contributed by atoms with Gasteiger partial charge in [0.05, 0.1) is 6.10 Å². The van der Waals surface area contributed by atoms with Gasteiger partial charge in [-0.1, -0.05) is 37.9 Å². The van der Waals surface area contributed by atoms with E-state index in [1.54, 1.807) is 0 Å². The second-order valence-electron chi connectivity index (χ2n) is 4.78. The Bertz CT molecular complexity index is 391. The number of nitrogens with zero attached hydrogens (tertiary/aromatic N) is 1. The summed E-state index contributed by atoms with van der Waals surface area (Å²) >= 11 is 7.10. The topological polar surface area (TPSA) is 12.5 Å². The van der Waals surface area contributed by atoms with E-state index in [4.69, 9.17) is 4.74 Å². The first-order valence-corrected chi connectivity index (χ1v) is 8.29. The molecule has 100 valence electrons. The smallest absolute Gasteiger partial charge is 0.0749 e. The Labute approximate surface area is 126 Å². The number of hydrogen-bond acceptors (Lipinski definition) is 2. The lowest BCUT2D eigenvalue weighted by Crippen LogP contribution is -2.33. The maximum Gasteiger partial charge on any atom is 0.0749 e. The van der Waals surface area contributed by atoms with Crippen LogP contribution in [0.1, 0.15) is 24.8 Å². The molecule has 0 N–H and O–H groups in total. The molecule has 0 spiro atoms. The quantitative estimate of drug-likeness (QED) is 0.724. The molecule has 1 heterocycles. The summed E-state index contributed by atoms with van der Waals surface area (Å²) in [6, 6.07) is 6.51. The van der Waals surface area contributed by atoms with Crippen molar-refractivity contribution in [3.8, 4) is 0 Å². The summed E-state index contributed by atoms with van der Waals surface area (Å²) in [5.74, 6) is 0. The van der Waals surface area contributed by atoms with Crippen molar-refractivity contribution in [3.05, 3.63) is 28.2 Å². The van der Waals surface area contributed by atoms with Gasteiger partial charge in [0.1, 0.15) is 0 Å². The minimum atomic E-state index is 0.387. The molecule has 1 aromatic rings. The van der Waals surface area contributed by atoms with E-state index in [0.29, 0.717) is 6.10 Å². The maximum absolute atomic E-state index is 5.78. The highest BCUT2D eigenvalue weighted by Gasteiger charge is 2.16. The van der Waals surface area contributed by atoms with Crippen LogP contribution in [-0.2, 0) is 10.1 Å². The van der Waals surface area contributed by atoms with Crippen molar-refractivity contribution in [2.75, 3.05) is 25.1 Å². The van der Waals surface area contributed by atoms with Crippen LogP contribution in [0.5, 0.6) is 0 Å². The van der Waals surface area contributed by atoms with E-state index in [9.17, 15) is 0 Å². The van der Waals surface area contributed by atoms with Crippen molar-refractivity contribution in [1.29, 1.82) is 0 Å². The molecule has 2 rings (SSSR count). The second kappa shape index (κ2) is 6.92. The van der Waals surface area contributed by atoms with Crippen molar-refractivity contribution < 1.29 is 4.74 Å². The van der Waals surface area contributed by atoms with Crippen molar-refractivity contribution >= 4 is 37.5 Å². The average molecular weight is 377 g/mol. The summed E-state index contributed by atoms with van der Waals surface area (Å²) in [7, 11) is 2.13. The Morgan fingerprint density at radius 1 is 1.39 bits per heavy atom. The Morgan fingerprint density at radius 3 is 2.83 bits per heavy atom. The first-order chi connectivity index (χ1) is 8.70. The fourth-order valence-electron chi connectivity index (χ4n) is 2.24. The van der Waals surface area contributed by atoms with Crippen LogP contribution >= 0.6 is 31.9 Å². The summed E-state index contributed by atoms with van der Waals surface area (Å²) in [6.07, 6.45) is 4.08. The predicted molar refractivity (Wildman–Crippen MR) is 83.6 cm³/mol. The second-order valence-corrected chi connectivity index (χ2v) is 6.19. The lowest BCUT2D eigenvalue weighted by atomic mass is 10.1. The minimum Gasteiger partial charge on any atom is -0.376 e. The summed E-state index contributed by atoms with van der Waals surface area (Å²) in [5, 5.41) is 0.878. The highest BCUT2D eigenvalue weighted by molar-refractivity contribution is 9.10. The van der Waals surface area contributed by atoms with Gasteiger partial charge in [-0.2, -0.15) is 0 Å². The normalized spacial score (nSPS) is 19.8. The maximum atomic E-state index is 5.78.